The SMILES string of the molecule is COC(=O)c1cc(Br)c2ccn(COCC[Si](C)(C)C)c2c1. The van der Waals surface area contributed by atoms with Crippen LogP contribution in [0.15, 0.2) is 28.9 Å². The van der Waals surface area contributed by atoms with E-state index in [9.17, 15) is 4.79 Å². The topological polar surface area (TPSA) is 40.5 Å². The van der Waals surface area contributed by atoms with Gasteiger partial charge in [-0.1, -0.05) is 35.6 Å². The second-order valence-corrected chi connectivity index (χ2v) is 13.0. The summed E-state index contributed by atoms with van der Waals surface area (Å²) in [5.74, 6) is -0.338. The first-order chi connectivity index (χ1) is 10.3. The Morgan fingerprint density at radius 2 is 2.05 bits per heavy atom. The van der Waals surface area contributed by atoms with Crippen LogP contribution < -0.4 is 0 Å². The van der Waals surface area contributed by atoms with Gasteiger partial charge in [0.25, 0.3) is 0 Å². The van der Waals surface area contributed by atoms with Crippen molar-refractivity contribution in [2.45, 2.75) is 32.4 Å². The molecule has 1 heterocycles. The number of carbonyl (C=O) groups excluding carboxylic acids is 1. The van der Waals surface area contributed by atoms with Crippen molar-refractivity contribution in [3.63, 3.8) is 0 Å². The quantitative estimate of drug-likeness (QED) is 0.418. The Morgan fingerprint density at radius 1 is 1.32 bits per heavy atom. The van der Waals surface area contributed by atoms with Gasteiger partial charge < -0.3 is 14.0 Å². The molecule has 120 valence electrons. The van der Waals surface area contributed by atoms with Gasteiger partial charge in [0.2, 0.25) is 0 Å². The molecule has 1 aromatic carbocycles. The molecule has 0 bridgehead atoms. The van der Waals surface area contributed by atoms with Crippen LogP contribution in [0, 0.1) is 0 Å². The van der Waals surface area contributed by atoms with Gasteiger partial charge in [-0.15, -0.1) is 0 Å². The number of benzene rings is 1. The molecule has 0 saturated heterocycles. The lowest BCUT2D eigenvalue weighted by atomic mass is 10.1. The number of rotatable bonds is 6. The van der Waals surface area contributed by atoms with Gasteiger partial charge in [0.1, 0.15) is 6.73 Å². The van der Waals surface area contributed by atoms with Crippen LogP contribution in [-0.2, 0) is 16.2 Å². The minimum absolute atomic E-state index is 0.338. The number of aromatic nitrogens is 1. The van der Waals surface area contributed by atoms with Crippen molar-refractivity contribution in [2.24, 2.45) is 0 Å². The van der Waals surface area contributed by atoms with Gasteiger partial charge in [0.15, 0.2) is 0 Å². The van der Waals surface area contributed by atoms with Crippen LogP contribution in [0.5, 0.6) is 0 Å². The van der Waals surface area contributed by atoms with Gasteiger partial charge in [-0.2, -0.15) is 0 Å². The highest BCUT2D eigenvalue weighted by Crippen LogP contribution is 2.27. The molecule has 0 aliphatic heterocycles. The lowest BCUT2D eigenvalue weighted by Gasteiger charge is -2.16. The van der Waals surface area contributed by atoms with Crippen molar-refractivity contribution in [3.8, 4) is 0 Å². The molecular formula is C16H22BrNO3Si. The average molecular weight is 384 g/mol. The fraction of sp³-hybridized carbons (Fsp3) is 0.438. The molecule has 0 unspecified atom stereocenters. The lowest BCUT2D eigenvalue weighted by molar-refractivity contribution is 0.0600. The van der Waals surface area contributed by atoms with Gasteiger partial charge in [0.05, 0.1) is 18.2 Å². The summed E-state index contributed by atoms with van der Waals surface area (Å²) in [4.78, 5) is 11.7. The Morgan fingerprint density at radius 3 is 2.68 bits per heavy atom. The van der Waals surface area contributed by atoms with E-state index in [0.717, 1.165) is 28.0 Å². The molecule has 0 N–H and O–H groups in total. The summed E-state index contributed by atoms with van der Waals surface area (Å²) in [6, 6.07) is 6.78. The van der Waals surface area contributed by atoms with E-state index in [1.54, 1.807) is 6.07 Å². The molecule has 0 amide bonds. The number of hydrogen-bond donors (Lipinski definition) is 0. The highest BCUT2D eigenvalue weighted by Gasteiger charge is 2.14. The minimum atomic E-state index is -1.07. The van der Waals surface area contributed by atoms with Gasteiger partial charge in [0, 0.05) is 30.7 Å². The Labute approximate surface area is 140 Å². The number of carbonyl (C=O) groups is 1. The molecule has 22 heavy (non-hydrogen) atoms. The summed E-state index contributed by atoms with van der Waals surface area (Å²) in [6.07, 6.45) is 1.98. The molecule has 0 fully saturated rings. The van der Waals surface area contributed by atoms with Crippen LogP contribution in [0.25, 0.3) is 10.9 Å². The maximum Gasteiger partial charge on any atom is 0.337 e. The van der Waals surface area contributed by atoms with Crippen LogP contribution in [-0.4, -0.2) is 32.3 Å². The van der Waals surface area contributed by atoms with E-state index in [2.05, 4.69) is 35.6 Å². The Bertz CT molecular complexity index is 676. The molecule has 0 aliphatic carbocycles. The zero-order valence-corrected chi connectivity index (χ0v) is 16.1. The molecular weight excluding hydrogens is 362 g/mol. The van der Waals surface area contributed by atoms with E-state index in [1.165, 1.54) is 7.11 Å². The van der Waals surface area contributed by atoms with Crippen LogP contribution in [0.2, 0.25) is 25.7 Å². The van der Waals surface area contributed by atoms with Crippen LogP contribution in [0.4, 0.5) is 0 Å². The van der Waals surface area contributed by atoms with Gasteiger partial charge in [-0.05, 0) is 24.2 Å². The fourth-order valence-electron chi connectivity index (χ4n) is 2.14. The van der Waals surface area contributed by atoms with Crippen molar-refractivity contribution in [1.82, 2.24) is 4.57 Å². The minimum Gasteiger partial charge on any atom is -0.465 e. The maximum absolute atomic E-state index is 11.7. The molecule has 0 spiro atoms. The molecule has 2 aromatic rings. The van der Waals surface area contributed by atoms with E-state index in [4.69, 9.17) is 9.47 Å². The van der Waals surface area contributed by atoms with Crippen molar-refractivity contribution in [3.05, 3.63) is 34.4 Å². The fourth-order valence-corrected chi connectivity index (χ4v) is 3.48. The highest BCUT2D eigenvalue weighted by atomic mass is 79.9. The second kappa shape index (κ2) is 6.98. The molecule has 0 saturated carbocycles. The first kappa shape index (κ1) is 17.2. The number of nitrogens with zero attached hydrogens (tertiary/aromatic N) is 1. The Balaban J connectivity index is 2.17. The van der Waals surface area contributed by atoms with Crippen molar-refractivity contribution in [1.29, 1.82) is 0 Å². The third kappa shape index (κ3) is 4.21. The van der Waals surface area contributed by atoms with E-state index >= 15 is 0 Å². The first-order valence-corrected chi connectivity index (χ1v) is 11.8. The third-order valence-electron chi connectivity index (χ3n) is 3.49. The maximum atomic E-state index is 11.7. The summed E-state index contributed by atoms with van der Waals surface area (Å²) in [7, 11) is 0.314. The standard InChI is InChI=1S/C16H22BrNO3Si/c1-20-16(19)12-9-14(17)13-5-6-18(15(13)10-12)11-21-7-8-22(2,3)4/h5-6,9-10H,7-8,11H2,1-4H3. The number of hydrogen-bond acceptors (Lipinski definition) is 3. The Kier molecular flexibility index (Phi) is 5.47. The number of methoxy groups -OCH3 is 1. The van der Waals surface area contributed by atoms with Crippen molar-refractivity contribution in [2.75, 3.05) is 13.7 Å². The number of esters is 1. The van der Waals surface area contributed by atoms with E-state index < -0.39 is 8.07 Å². The number of ether oxygens (including phenoxy) is 2. The molecule has 1 aromatic heterocycles. The molecule has 0 radical (unpaired) electrons. The van der Waals surface area contributed by atoms with E-state index in [-0.39, 0.29) is 5.97 Å². The summed E-state index contributed by atoms with van der Waals surface area (Å²) in [6.45, 7) is 8.27. The summed E-state index contributed by atoms with van der Waals surface area (Å²) in [5, 5.41) is 1.06. The van der Waals surface area contributed by atoms with Crippen molar-refractivity contribution >= 4 is 40.9 Å². The van der Waals surface area contributed by atoms with Gasteiger partial charge in [-0.25, -0.2) is 4.79 Å². The average Bonchev–Trinajstić information content (AvgIpc) is 2.85. The van der Waals surface area contributed by atoms with Gasteiger partial charge in [-0.3, -0.25) is 0 Å². The largest absolute Gasteiger partial charge is 0.465 e. The molecule has 0 aliphatic rings. The zero-order valence-electron chi connectivity index (χ0n) is 13.5. The predicted octanol–water partition coefficient (Wildman–Crippen LogP) is 4.50. The van der Waals surface area contributed by atoms with E-state index in [0.29, 0.717) is 12.3 Å². The third-order valence-corrected chi connectivity index (χ3v) is 5.85. The second-order valence-electron chi connectivity index (χ2n) is 6.52. The van der Waals surface area contributed by atoms with Crippen LogP contribution in [0.3, 0.4) is 0 Å². The Hall–Kier alpha value is -1.11. The van der Waals surface area contributed by atoms with E-state index in [1.807, 2.05) is 22.9 Å². The van der Waals surface area contributed by atoms with Gasteiger partial charge >= 0.3 is 5.97 Å². The molecule has 2 rings (SSSR count). The summed E-state index contributed by atoms with van der Waals surface area (Å²) < 4.78 is 13.5. The molecule has 0 atom stereocenters. The smallest absolute Gasteiger partial charge is 0.337 e. The molecule has 6 heteroatoms. The number of fused-ring (bicyclic) bond motifs is 1. The summed E-state index contributed by atoms with van der Waals surface area (Å²) in [5.41, 5.74) is 1.49. The normalized spacial score (nSPS) is 11.9. The number of halogens is 1. The summed E-state index contributed by atoms with van der Waals surface area (Å²) >= 11 is 3.51. The van der Waals surface area contributed by atoms with Crippen molar-refractivity contribution < 1.29 is 14.3 Å². The lowest BCUT2D eigenvalue weighted by Crippen LogP contribution is -2.21. The highest BCUT2D eigenvalue weighted by molar-refractivity contribution is 9.10. The van der Waals surface area contributed by atoms with Crippen LogP contribution >= 0.6 is 15.9 Å². The molecule has 4 nitrogen and oxygen atoms in total. The zero-order chi connectivity index (χ0) is 16.3. The monoisotopic (exact) mass is 383 g/mol. The first-order valence-electron chi connectivity index (χ1n) is 7.26. The predicted molar refractivity (Wildman–Crippen MR) is 95.1 cm³/mol. The van der Waals surface area contributed by atoms with Crippen LogP contribution in [0.1, 0.15) is 10.4 Å².